The van der Waals surface area contributed by atoms with Crippen LogP contribution >= 0.6 is 12.2 Å². The molecule has 0 unspecified atom stereocenters. The van der Waals surface area contributed by atoms with Crippen LogP contribution in [0.15, 0.2) is 59.7 Å². The van der Waals surface area contributed by atoms with Gasteiger partial charge in [-0.05, 0) is 40.9 Å². The van der Waals surface area contributed by atoms with Crippen molar-refractivity contribution in [2.24, 2.45) is 5.10 Å². The summed E-state index contributed by atoms with van der Waals surface area (Å²) in [7, 11) is 0. The van der Waals surface area contributed by atoms with Gasteiger partial charge in [0.05, 0.1) is 6.21 Å². The van der Waals surface area contributed by atoms with Crippen LogP contribution in [-0.2, 0) is 5.41 Å². The van der Waals surface area contributed by atoms with Gasteiger partial charge in [-0.2, -0.15) is 5.10 Å². The molecule has 0 aliphatic carbocycles. The summed E-state index contributed by atoms with van der Waals surface area (Å²) in [5, 5.41) is 7.68. The number of anilines is 1. The molecule has 2 aromatic carbocycles. The van der Waals surface area contributed by atoms with E-state index in [4.69, 9.17) is 12.2 Å². The van der Waals surface area contributed by atoms with E-state index in [-0.39, 0.29) is 5.41 Å². The van der Waals surface area contributed by atoms with E-state index >= 15 is 0 Å². The van der Waals surface area contributed by atoms with Crippen LogP contribution in [0.1, 0.15) is 31.9 Å². The molecule has 0 heterocycles. The van der Waals surface area contributed by atoms with E-state index in [9.17, 15) is 0 Å². The quantitative estimate of drug-likeness (QED) is 0.504. The Morgan fingerprint density at radius 3 is 2.23 bits per heavy atom. The van der Waals surface area contributed by atoms with E-state index in [0.29, 0.717) is 5.11 Å². The normalized spacial score (nSPS) is 11.4. The third-order valence-electron chi connectivity index (χ3n) is 3.19. The number of hydrogen-bond acceptors (Lipinski definition) is 2. The van der Waals surface area contributed by atoms with E-state index in [0.717, 1.165) is 11.3 Å². The standard InChI is InChI=1S/C18H21N3S/c1-18(2,3)15-11-9-14(10-12-15)13-19-21-17(22)20-16-7-5-4-6-8-16/h4-13H,1-3H3,(H2,20,21,22)/b19-13-. The fourth-order valence-electron chi connectivity index (χ4n) is 1.92. The third-order valence-corrected chi connectivity index (χ3v) is 3.38. The number of hydrazone groups is 1. The van der Waals surface area contributed by atoms with Crippen molar-refractivity contribution in [3.63, 3.8) is 0 Å². The molecule has 114 valence electrons. The monoisotopic (exact) mass is 311 g/mol. The highest BCUT2D eigenvalue weighted by molar-refractivity contribution is 7.80. The summed E-state index contributed by atoms with van der Waals surface area (Å²) >= 11 is 5.19. The summed E-state index contributed by atoms with van der Waals surface area (Å²) in [6.07, 6.45) is 1.76. The number of rotatable bonds is 3. The minimum Gasteiger partial charge on any atom is -0.331 e. The van der Waals surface area contributed by atoms with Crippen molar-refractivity contribution in [2.45, 2.75) is 26.2 Å². The molecule has 0 fully saturated rings. The van der Waals surface area contributed by atoms with Crippen LogP contribution in [0.5, 0.6) is 0 Å². The molecule has 4 heteroatoms. The number of nitrogens with zero attached hydrogens (tertiary/aromatic N) is 1. The number of hydrogen-bond donors (Lipinski definition) is 2. The number of thiocarbonyl (C=S) groups is 1. The highest BCUT2D eigenvalue weighted by Gasteiger charge is 2.12. The number of para-hydroxylation sites is 1. The molecule has 2 N–H and O–H groups in total. The van der Waals surface area contributed by atoms with E-state index in [2.05, 4.69) is 60.9 Å². The van der Waals surface area contributed by atoms with Gasteiger partial charge in [0.15, 0.2) is 5.11 Å². The smallest absolute Gasteiger partial charge is 0.191 e. The van der Waals surface area contributed by atoms with Gasteiger partial charge in [0.25, 0.3) is 0 Å². The average Bonchev–Trinajstić information content (AvgIpc) is 2.48. The van der Waals surface area contributed by atoms with Gasteiger partial charge in [-0.25, -0.2) is 0 Å². The summed E-state index contributed by atoms with van der Waals surface area (Å²) in [5.74, 6) is 0. The summed E-state index contributed by atoms with van der Waals surface area (Å²) in [6, 6.07) is 18.1. The Morgan fingerprint density at radius 2 is 1.64 bits per heavy atom. The van der Waals surface area contributed by atoms with Crippen LogP contribution in [0.4, 0.5) is 5.69 Å². The van der Waals surface area contributed by atoms with E-state index in [1.54, 1.807) is 6.21 Å². The van der Waals surface area contributed by atoms with E-state index in [1.807, 2.05) is 30.3 Å². The van der Waals surface area contributed by atoms with Gasteiger partial charge < -0.3 is 5.32 Å². The molecule has 0 bridgehead atoms. The van der Waals surface area contributed by atoms with Gasteiger partial charge in [-0.3, -0.25) is 5.43 Å². The minimum absolute atomic E-state index is 0.162. The van der Waals surface area contributed by atoms with Crippen molar-refractivity contribution in [1.82, 2.24) is 5.43 Å². The highest BCUT2D eigenvalue weighted by atomic mass is 32.1. The third kappa shape index (κ3) is 4.97. The lowest BCUT2D eigenvalue weighted by Crippen LogP contribution is -2.23. The highest BCUT2D eigenvalue weighted by Crippen LogP contribution is 2.21. The maximum atomic E-state index is 5.19. The molecule has 0 amide bonds. The van der Waals surface area contributed by atoms with Gasteiger partial charge in [0, 0.05) is 5.69 Å². The van der Waals surface area contributed by atoms with Crippen LogP contribution in [0, 0.1) is 0 Å². The molecule has 0 aromatic heterocycles. The Labute approximate surface area is 137 Å². The summed E-state index contributed by atoms with van der Waals surface area (Å²) < 4.78 is 0. The second-order valence-corrected chi connectivity index (χ2v) is 6.47. The van der Waals surface area contributed by atoms with Crippen molar-refractivity contribution in [3.05, 3.63) is 65.7 Å². The van der Waals surface area contributed by atoms with Crippen molar-refractivity contribution in [1.29, 1.82) is 0 Å². The molecule has 2 aromatic rings. The zero-order valence-corrected chi connectivity index (χ0v) is 13.9. The van der Waals surface area contributed by atoms with Gasteiger partial charge >= 0.3 is 0 Å². The van der Waals surface area contributed by atoms with Crippen LogP contribution < -0.4 is 10.7 Å². The van der Waals surface area contributed by atoms with Crippen molar-refractivity contribution < 1.29 is 0 Å². The van der Waals surface area contributed by atoms with Crippen molar-refractivity contribution in [3.8, 4) is 0 Å². The predicted octanol–water partition coefficient (Wildman–Crippen LogP) is 4.30. The second kappa shape index (κ2) is 7.18. The Hall–Kier alpha value is -2.20. The molecule has 0 spiro atoms. The van der Waals surface area contributed by atoms with Crippen LogP contribution in [-0.4, -0.2) is 11.3 Å². The minimum atomic E-state index is 0.162. The Bertz CT molecular complexity index is 640. The van der Waals surface area contributed by atoms with Crippen molar-refractivity contribution in [2.75, 3.05) is 5.32 Å². The molecule has 0 radical (unpaired) electrons. The van der Waals surface area contributed by atoms with Gasteiger partial charge in [-0.15, -0.1) is 0 Å². The fourth-order valence-corrected chi connectivity index (χ4v) is 2.09. The zero-order chi connectivity index (χ0) is 16.0. The first kappa shape index (κ1) is 16.2. The van der Waals surface area contributed by atoms with Gasteiger partial charge in [0.1, 0.15) is 0 Å². The number of nitrogens with one attached hydrogen (secondary N) is 2. The summed E-state index contributed by atoms with van der Waals surface area (Å²) in [4.78, 5) is 0. The second-order valence-electron chi connectivity index (χ2n) is 6.06. The maximum Gasteiger partial charge on any atom is 0.191 e. The zero-order valence-electron chi connectivity index (χ0n) is 13.1. The van der Waals surface area contributed by atoms with Crippen LogP contribution in [0.2, 0.25) is 0 Å². The molecule has 0 saturated heterocycles. The first-order valence-electron chi connectivity index (χ1n) is 7.21. The molecular formula is C18H21N3S. The SMILES string of the molecule is CC(C)(C)c1ccc(/C=N\NC(=S)Nc2ccccc2)cc1. The molecule has 0 atom stereocenters. The fraction of sp³-hybridized carbons (Fsp3) is 0.222. The van der Waals surface area contributed by atoms with E-state index < -0.39 is 0 Å². The van der Waals surface area contributed by atoms with Gasteiger partial charge in [0.2, 0.25) is 0 Å². The average molecular weight is 311 g/mol. The molecule has 3 nitrogen and oxygen atoms in total. The maximum absolute atomic E-state index is 5.19. The lowest BCUT2D eigenvalue weighted by Gasteiger charge is -2.18. The Balaban J connectivity index is 1.88. The Kier molecular flexibility index (Phi) is 5.28. The summed E-state index contributed by atoms with van der Waals surface area (Å²) in [5.41, 5.74) is 6.25. The Morgan fingerprint density at radius 1 is 1.00 bits per heavy atom. The molecular weight excluding hydrogens is 290 g/mol. The molecule has 0 aliphatic heterocycles. The largest absolute Gasteiger partial charge is 0.331 e. The lowest BCUT2D eigenvalue weighted by molar-refractivity contribution is 0.590. The summed E-state index contributed by atoms with van der Waals surface area (Å²) in [6.45, 7) is 6.60. The molecule has 0 aliphatic rings. The topological polar surface area (TPSA) is 36.4 Å². The number of benzene rings is 2. The first-order chi connectivity index (χ1) is 10.4. The van der Waals surface area contributed by atoms with Crippen molar-refractivity contribution >= 4 is 29.2 Å². The van der Waals surface area contributed by atoms with Crippen LogP contribution in [0.25, 0.3) is 0 Å². The predicted molar refractivity (Wildman–Crippen MR) is 98.5 cm³/mol. The van der Waals surface area contributed by atoms with Gasteiger partial charge in [-0.1, -0.05) is 63.2 Å². The molecule has 2 rings (SSSR count). The molecule has 22 heavy (non-hydrogen) atoms. The lowest BCUT2D eigenvalue weighted by atomic mass is 9.87. The van der Waals surface area contributed by atoms with E-state index in [1.165, 1.54) is 5.56 Å². The molecule has 0 saturated carbocycles. The van der Waals surface area contributed by atoms with Crippen LogP contribution in [0.3, 0.4) is 0 Å². The first-order valence-corrected chi connectivity index (χ1v) is 7.61.